The molecule has 7 heteroatoms. The van der Waals surface area contributed by atoms with Crippen molar-refractivity contribution in [2.24, 2.45) is 0 Å². The molecule has 1 heterocycles. The Labute approximate surface area is 101 Å². The number of para-hydroxylation sites is 1. The molecule has 0 radical (unpaired) electrons. The van der Waals surface area contributed by atoms with Gasteiger partial charge in [-0.2, -0.15) is 5.10 Å². The summed E-state index contributed by atoms with van der Waals surface area (Å²) in [6, 6.07) is 8.40. The number of H-pyrrole nitrogens is 1. The molecule has 0 saturated heterocycles. The van der Waals surface area contributed by atoms with Crippen LogP contribution in [0.4, 0.5) is 10.6 Å². The number of aromatic carboxylic acids is 1. The second-order valence-corrected chi connectivity index (χ2v) is 3.29. The molecule has 0 atom stereocenters. The summed E-state index contributed by atoms with van der Waals surface area (Å²) in [5.41, 5.74) is -0.139. The first kappa shape index (κ1) is 11.6. The minimum Gasteiger partial charge on any atom is -0.477 e. The number of hydrogen-bond acceptors (Lipinski definition) is 4. The van der Waals surface area contributed by atoms with Crippen LogP contribution in [0.1, 0.15) is 10.4 Å². The average molecular weight is 247 g/mol. The van der Waals surface area contributed by atoms with Crippen molar-refractivity contribution in [3.63, 3.8) is 0 Å². The Hall–Kier alpha value is -2.83. The number of anilines is 1. The second kappa shape index (κ2) is 5.00. The van der Waals surface area contributed by atoms with Gasteiger partial charge < -0.3 is 9.84 Å². The topological polar surface area (TPSA) is 104 Å². The van der Waals surface area contributed by atoms with Crippen molar-refractivity contribution < 1.29 is 19.4 Å². The quantitative estimate of drug-likeness (QED) is 0.765. The molecule has 7 nitrogen and oxygen atoms in total. The van der Waals surface area contributed by atoms with Gasteiger partial charge in [0.15, 0.2) is 0 Å². The van der Waals surface area contributed by atoms with E-state index in [0.717, 1.165) is 6.20 Å². The van der Waals surface area contributed by atoms with E-state index in [1.54, 1.807) is 30.3 Å². The number of nitrogens with one attached hydrogen (secondary N) is 2. The lowest BCUT2D eigenvalue weighted by Crippen LogP contribution is -2.18. The van der Waals surface area contributed by atoms with Gasteiger partial charge in [0.2, 0.25) is 0 Å². The van der Waals surface area contributed by atoms with Crippen LogP contribution in [-0.4, -0.2) is 27.4 Å². The lowest BCUT2D eigenvalue weighted by atomic mass is 10.3. The van der Waals surface area contributed by atoms with Gasteiger partial charge in [-0.1, -0.05) is 18.2 Å². The Morgan fingerprint density at radius 1 is 1.28 bits per heavy atom. The molecule has 1 amide bonds. The molecular weight excluding hydrogens is 238 g/mol. The van der Waals surface area contributed by atoms with Gasteiger partial charge in [0.05, 0.1) is 6.20 Å². The van der Waals surface area contributed by atoms with Crippen molar-refractivity contribution in [2.45, 2.75) is 0 Å². The third kappa shape index (κ3) is 2.64. The number of ether oxygens (including phenoxy) is 1. The van der Waals surface area contributed by atoms with E-state index < -0.39 is 12.1 Å². The Balaban J connectivity index is 2.04. The van der Waals surface area contributed by atoms with Crippen molar-refractivity contribution in [1.29, 1.82) is 0 Å². The van der Waals surface area contributed by atoms with Crippen molar-refractivity contribution in [3.05, 3.63) is 42.1 Å². The van der Waals surface area contributed by atoms with Gasteiger partial charge in [-0.15, -0.1) is 0 Å². The predicted molar refractivity (Wildman–Crippen MR) is 61.6 cm³/mol. The molecule has 1 aromatic carbocycles. The largest absolute Gasteiger partial charge is 0.477 e. The summed E-state index contributed by atoms with van der Waals surface area (Å²) < 4.78 is 4.93. The maximum Gasteiger partial charge on any atom is 0.418 e. The highest BCUT2D eigenvalue weighted by Crippen LogP contribution is 2.13. The number of carboxylic acid groups (broad SMARTS) is 1. The first-order chi connectivity index (χ1) is 8.66. The number of carboxylic acids is 1. The van der Waals surface area contributed by atoms with Gasteiger partial charge in [-0.3, -0.25) is 10.4 Å². The zero-order valence-corrected chi connectivity index (χ0v) is 9.08. The Morgan fingerprint density at radius 2 is 2.00 bits per heavy atom. The summed E-state index contributed by atoms with van der Waals surface area (Å²) in [7, 11) is 0. The van der Waals surface area contributed by atoms with Gasteiger partial charge in [0, 0.05) is 0 Å². The summed E-state index contributed by atoms with van der Waals surface area (Å²) in [6.45, 7) is 0. The van der Waals surface area contributed by atoms with E-state index in [2.05, 4.69) is 15.5 Å². The van der Waals surface area contributed by atoms with Crippen molar-refractivity contribution >= 4 is 17.9 Å². The fourth-order valence-corrected chi connectivity index (χ4v) is 1.27. The molecule has 0 aliphatic heterocycles. The van der Waals surface area contributed by atoms with Gasteiger partial charge in [-0.05, 0) is 12.1 Å². The number of amides is 1. The molecule has 18 heavy (non-hydrogen) atoms. The number of carbonyl (C=O) groups excluding carboxylic acids is 1. The van der Waals surface area contributed by atoms with E-state index in [-0.39, 0.29) is 11.4 Å². The predicted octanol–water partition coefficient (Wildman–Crippen LogP) is 1.72. The first-order valence-electron chi connectivity index (χ1n) is 4.97. The fraction of sp³-hybridized carbons (Fsp3) is 0. The van der Waals surface area contributed by atoms with Crippen LogP contribution in [0.2, 0.25) is 0 Å². The fourth-order valence-electron chi connectivity index (χ4n) is 1.27. The Kier molecular flexibility index (Phi) is 3.24. The minimum atomic E-state index is -1.20. The highest BCUT2D eigenvalue weighted by atomic mass is 16.6. The lowest BCUT2D eigenvalue weighted by molar-refractivity contribution is 0.0698. The van der Waals surface area contributed by atoms with E-state index in [1.165, 1.54) is 0 Å². The highest BCUT2D eigenvalue weighted by molar-refractivity contribution is 5.97. The van der Waals surface area contributed by atoms with Crippen LogP contribution < -0.4 is 10.1 Å². The Morgan fingerprint density at radius 3 is 2.67 bits per heavy atom. The van der Waals surface area contributed by atoms with Gasteiger partial charge in [-0.25, -0.2) is 9.59 Å². The minimum absolute atomic E-state index is 0.0246. The number of nitrogens with zero attached hydrogens (tertiary/aromatic N) is 1. The van der Waals surface area contributed by atoms with Gasteiger partial charge >= 0.3 is 12.1 Å². The molecule has 1 aromatic heterocycles. The maximum absolute atomic E-state index is 11.5. The Bertz CT molecular complexity index is 565. The number of rotatable bonds is 3. The molecule has 0 saturated carbocycles. The van der Waals surface area contributed by atoms with Crippen LogP contribution in [0, 0.1) is 0 Å². The monoisotopic (exact) mass is 247 g/mol. The van der Waals surface area contributed by atoms with E-state index in [1.807, 2.05) is 0 Å². The number of aromatic nitrogens is 2. The molecular formula is C11H9N3O4. The molecule has 0 aliphatic carbocycles. The van der Waals surface area contributed by atoms with E-state index in [9.17, 15) is 9.59 Å². The zero-order chi connectivity index (χ0) is 13.0. The maximum atomic E-state index is 11.5. The van der Waals surface area contributed by atoms with Crippen molar-refractivity contribution in [3.8, 4) is 5.75 Å². The molecule has 2 rings (SSSR count). The normalized spacial score (nSPS) is 9.78. The number of carbonyl (C=O) groups is 2. The molecule has 0 fully saturated rings. The van der Waals surface area contributed by atoms with Crippen molar-refractivity contribution in [2.75, 3.05) is 5.32 Å². The van der Waals surface area contributed by atoms with E-state index in [4.69, 9.17) is 9.84 Å². The van der Waals surface area contributed by atoms with Crippen LogP contribution in [0.3, 0.4) is 0 Å². The average Bonchev–Trinajstić information content (AvgIpc) is 2.78. The van der Waals surface area contributed by atoms with Gasteiger partial charge in [0.1, 0.15) is 17.1 Å². The number of aromatic amines is 1. The summed E-state index contributed by atoms with van der Waals surface area (Å²) in [5.74, 6) is -0.867. The molecule has 0 aliphatic rings. The molecule has 3 N–H and O–H groups in total. The van der Waals surface area contributed by atoms with Crippen LogP contribution in [-0.2, 0) is 0 Å². The van der Waals surface area contributed by atoms with Crippen LogP contribution in [0.15, 0.2) is 36.5 Å². The molecule has 92 valence electrons. The van der Waals surface area contributed by atoms with Crippen molar-refractivity contribution in [1.82, 2.24) is 10.2 Å². The summed E-state index contributed by atoms with van der Waals surface area (Å²) in [5, 5.41) is 17.0. The molecule has 0 bridgehead atoms. The first-order valence-corrected chi connectivity index (χ1v) is 4.97. The smallest absolute Gasteiger partial charge is 0.418 e. The summed E-state index contributed by atoms with van der Waals surface area (Å²) >= 11 is 0. The summed E-state index contributed by atoms with van der Waals surface area (Å²) in [6.07, 6.45) is 0.299. The van der Waals surface area contributed by atoms with Gasteiger partial charge in [0.25, 0.3) is 0 Å². The summed E-state index contributed by atoms with van der Waals surface area (Å²) in [4.78, 5) is 22.3. The molecule has 0 spiro atoms. The zero-order valence-electron chi connectivity index (χ0n) is 9.08. The number of benzene rings is 1. The van der Waals surface area contributed by atoms with Crippen LogP contribution >= 0.6 is 0 Å². The molecule has 2 aromatic rings. The van der Waals surface area contributed by atoms with E-state index >= 15 is 0 Å². The third-order valence-corrected chi connectivity index (χ3v) is 2.05. The highest BCUT2D eigenvalue weighted by Gasteiger charge is 2.15. The SMILES string of the molecule is O=C(Nc1[nH]ncc1C(=O)O)Oc1ccccc1. The third-order valence-electron chi connectivity index (χ3n) is 2.05. The number of hydrogen-bond donors (Lipinski definition) is 3. The van der Waals surface area contributed by atoms with Crippen LogP contribution in [0.5, 0.6) is 5.75 Å². The second-order valence-electron chi connectivity index (χ2n) is 3.29. The van der Waals surface area contributed by atoms with E-state index in [0.29, 0.717) is 5.75 Å². The standard InChI is InChI=1S/C11H9N3O4/c15-10(16)8-6-12-14-9(8)13-11(17)18-7-4-2-1-3-5-7/h1-6H,(H,15,16)(H2,12,13,14,17). The molecule has 0 unspecified atom stereocenters. The van der Waals surface area contributed by atoms with Crippen LogP contribution in [0.25, 0.3) is 0 Å². The lowest BCUT2D eigenvalue weighted by Gasteiger charge is -2.05.